The van der Waals surface area contributed by atoms with E-state index in [1.165, 1.54) is 128 Å². The van der Waals surface area contributed by atoms with Crippen molar-refractivity contribution in [2.24, 2.45) is 0 Å². The van der Waals surface area contributed by atoms with Gasteiger partial charge in [-0.2, -0.15) is 0 Å². The molecule has 0 aliphatic carbocycles. The SMILES string of the molecule is CC/C=C\C/C=C\C/C=C\C/C=C\C/C=C\C/C=C\C/C=C\CCCC(=O)OC(COC(=O)CCCCCCCCCCCC)COC(=O)CCCCCCCCCCCCCCCCC/C=C\C/C=C\C/C=C\C/C=C\C/C=C\CC. The largest absolute Gasteiger partial charge is 0.462 e. The third-order valence-electron chi connectivity index (χ3n) is 14.1. The Morgan fingerprint density at radius 1 is 0.256 bits per heavy atom. The molecule has 0 bridgehead atoms. The fourth-order valence-electron chi connectivity index (χ4n) is 9.11. The fourth-order valence-corrected chi connectivity index (χ4v) is 9.11. The number of allylic oxidation sites excluding steroid dienone is 24. The maximum Gasteiger partial charge on any atom is 0.306 e. The van der Waals surface area contributed by atoms with Gasteiger partial charge in [0.15, 0.2) is 6.10 Å². The highest BCUT2D eigenvalue weighted by atomic mass is 16.6. The summed E-state index contributed by atoms with van der Waals surface area (Å²) in [5.74, 6) is -0.960. The van der Waals surface area contributed by atoms with E-state index < -0.39 is 6.10 Å². The molecule has 0 aromatic carbocycles. The molecule has 0 rings (SSSR count). The van der Waals surface area contributed by atoms with Crippen LogP contribution in [0, 0.1) is 0 Å². The van der Waals surface area contributed by atoms with Crippen molar-refractivity contribution in [1.82, 2.24) is 0 Å². The van der Waals surface area contributed by atoms with Gasteiger partial charge in [0, 0.05) is 19.3 Å². The van der Waals surface area contributed by atoms with Gasteiger partial charge in [-0.05, 0) is 116 Å². The van der Waals surface area contributed by atoms with Gasteiger partial charge < -0.3 is 14.2 Å². The van der Waals surface area contributed by atoms with E-state index in [1.807, 2.05) is 0 Å². The average molecular weight is 1130 g/mol. The predicted octanol–water partition coefficient (Wildman–Crippen LogP) is 23.5. The van der Waals surface area contributed by atoms with Crippen LogP contribution < -0.4 is 0 Å². The second kappa shape index (κ2) is 68.8. The Hall–Kier alpha value is -4.71. The molecular weight excluding hydrogens is 1010 g/mol. The molecule has 0 fully saturated rings. The second-order valence-electron chi connectivity index (χ2n) is 22.0. The minimum absolute atomic E-state index is 0.102. The van der Waals surface area contributed by atoms with Crippen LogP contribution in [0.2, 0.25) is 0 Å². The lowest BCUT2D eigenvalue weighted by Crippen LogP contribution is -2.30. The normalized spacial score (nSPS) is 13.1. The Balaban J connectivity index is 4.28. The number of hydrogen-bond donors (Lipinski definition) is 0. The summed E-state index contributed by atoms with van der Waals surface area (Å²) in [6.07, 6.45) is 98.8. The second-order valence-corrected chi connectivity index (χ2v) is 22.0. The number of carbonyl (C=O) groups excluding carboxylic acids is 3. The zero-order valence-corrected chi connectivity index (χ0v) is 53.2. The fraction of sp³-hybridized carbons (Fsp3) is 0.645. The highest BCUT2D eigenvalue weighted by Crippen LogP contribution is 2.16. The van der Waals surface area contributed by atoms with Gasteiger partial charge in [0.25, 0.3) is 0 Å². The van der Waals surface area contributed by atoms with Crippen LogP contribution in [0.25, 0.3) is 0 Å². The van der Waals surface area contributed by atoms with Crippen molar-refractivity contribution in [2.45, 2.75) is 303 Å². The molecule has 0 heterocycles. The zero-order valence-electron chi connectivity index (χ0n) is 53.2. The zero-order chi connectivity index (χ0) is 59.2. The molecule has 0 aromatic heterocycles. The molecule has 464 valence electrons. The van der Waals surface area contributed by atoms with Crippen LogP contribution in [0.4, 0.5) is 0 Å². The molecule has 0 saturated carbocycles. The van der Waals surface area contributed by atoms with Crippen molar-refractivity contribution < 1.29 is 28.6 Å². The van der Waals surface area contributed by atoms with Crippen molar-refractivity contribution in [3.8, 4) is 0 Å². The Kier molecular flexibility index (Phi) is 64.8. The summed E-state index contributed by atoms with van der Waals surface area (Å²) in [5.41, 5.74) is 0. The van der Waals surface area contributed by atoms with E-state index in [0.717, 1.165) is 122 Å². The molecule has 0 amide bonds. The van der Waals surface area contributed by atoms with Crippen LogP contribution in [0.15, 0.2) is 146 Å². The molecule has 0 aliphatic rings. The topological polar surface area (TPSA) is 78.9 Å². The Morgan fingerprint density at radius 2 is 0.488 bits per heavy atom. The number of unbranched alkanes of at least 4 members (excludes halogenated alkanes) is 25. The van der Waals surface area contributed by atoms with Gasteiger partial charge in [0.2, 0.25) is 0 Å². The van der Waals surface area contributed by atoms with Crippen LogP contribution in [0.1, 0.15) is 297 Å². The van der Waals surface area contributed by atoms with Gasteiger partial charge in [-0.1, -0.05) is 308 Å². The summed E-state index contributed by atoms with van der Waals surface area (Å²) in [4.78, 5) is 38.3. The molecule has 6 nitrogen and oxygen atoms in total. The van der Waals surface area contributed by atoms with E-state index in [1.54, 1.807) is 0 Å². The smallest absolute Gasteiger partial charge is 0.306 e. The first kappa shape index (κ1) is 77.3. The first-order chi connectivity index (χ1) is 40.5. The van der Waals surface area contributed by atoms with Gasteiger partial charge in [-0.25, -0.2) is 0 Å². The molecule has 0 radical (unpaired) electrons. The predicted molar refractivity (Wildman–Crippen MR) is 357 cm³/mol. The van der Waals surface area contributed by atoms with E-state index in [0.29, 0.717) is 19.3 Å². The molecule has 82 heavy (non-hydrogen) atoms. The van der Waals surface area contributed by atoms with Crippen LogP contribution >= 0.6 is 0 Å². The van der Waals surface area contributed by atoms with Gasteiger partial charge in [0.05, 0.1) is 0 Å². The molecule has 0 saturated heterocycles. The maximum absolute atomic E-state index is 12.9. The summed E-state index contributed by atoms with van der Waals surface area (Å²) in [5, 5.41) is 0. The molecule has 0 spiro atoms. The van der Waals surface area contributed by atoms with Gasteiger partial charge in [-0.15, -0.1) is 0 Å². The molecule has 0 N–H and O–H groups in total. The summed E-state index contributed by atoms with van der Waals surface area (Å²) < 4.78 is 16.9. The summed E-state index contributed by atoms with van der Waals surface area (Å²) >= 11 is 0. The summed E-state index contributed by atoms with van der Waals surface area (Å²) in [6, 6.07) is 0. The quantitative estimate of drug-likeness (QED) is 0.0261. The number of ether oxygens (including phenoxy) is 3. The molecule has 0 aliphatic heterocycles. The van der Waals surface area contributed by atoms with E-state index in [9.17, 15) is 14.4 Å². The minimum atomic E-state index is -0.812. The van der Waals surface area contributed by atoms with E-state index in [4.69, 9.17) is 14.2 Å². The molecule has 1 atom stereocenters. The molecular formula is C76H124O6. The average Bonchev–Trinajstić information content (AvgIpc) is 3.47. The monoisotopic (exact) mass is 1130 g/mol. The lowest BCUT2D eigenvalue weighted by Gasteiger charge is -2.18. The first-order valence-corrected chi connectivity index (χ1v) is 33.8. The number of esters is 3. The van der Waals surface area contributed by atoms with E-state index >= 15 is 0 Å². The van der Waals surface area contributed by atoms with E-state index in [-0.39, 0.29) is 37.5 Å². The number of carbonyl (C=O) groups is 3. The van der Waals surface area contributed by atoms with E-state index in [2.05, 4.69) is 167 Å². The van der Waals surface area contributed by atoms with Crippen molar-refractivity contribution >= 4 is 17.9 Å². The number of rotatable bonds is 60. The third kappa shape index (κ3) is 66.1. The standard InChI is InChI=1S/C76H124O6/c1-4-7-10-13-16-19-22-24-26-28-30-32-34-35-36-37-38-39-40-41-43-44-46-48-50-52-54-57-60-63-66-69-75(78)81-72-73(71-80-74(77)68-65-62-59-56-21-18-15-12-9-6-3)82-76(79)70-67-64-61-58-55-53-51-49-47-45-42-33-31-29-27-25-23-20-17-14-11-8-5-2/h7-8,10-11,16-17,19-20,24-27,30-33,35-36,45,47,51,53,58,61,73H,4-6,9,12-15,18,21-23,28-29,34,37-44,46,48-50,52,54-57,59-60,62-72H2,1-3H3/b10-7-,11-8-,19-16-,20-17-,26-24-,27-25-,32-30-,33-31-,36-35-,47-45-,53-51-,61-58-. The minimum Gasteiger partial charge on any atom is -0.462 e. The van der Waals surface area contributed by atoms with Gasteiger partial charge >= 0.3 is 17.9 Å². The molecule has 0 aromatic rings. The number of hydrogen-bond acceptors (Lipinski definition) is 6. The van der Waals surface area contributed by atoms with Crippen LogP contribution in [-0.2, 0) is 28.6 Å². The van der Waals surface area contributed by atoms with Crippen LogP contribution in [0.3, 0.4) is 0 Å². The van der Waals surface area contributed by atoms with Crippen molar-refractivity contribution in [3.63, 3.8) is 0 Å². The van der Waals surface area contributed by atoms with Crippen LogP contribution in [0.5, 0.6) is 0 Å². The van der Waals surface area contributed by atoms with Gasteiger partial charge in [0.1, 0.15) is 13.2 Å². The van der Waals surface area contributed by atoms with Crippen LogP contribution in [-0.4, -0.2) is 37.2 Å². The molecule has 1 unspecified atom stereocenters. The Labute approximate surface area is 506 Å². The first-order valence-electron chi connectivity index (χ1n) is 33.8. The molecule has 6 heteroatoms. The highest BCUT2D eigenvalue weighted by molar-refractivity contribution is 5.71. The highest BCUT2D eigenvalue weighted by Gasteiger charge is 2.19. The van der Waals surface area contributed by atoms with Gasteiger partial charge in [-0.3, -0.25) is 14.4 Å². The lowest BCUT2D eigenvalue weighted by atomic mass is 10.0. The third-order valence-corrected chi connectivity index (χ3v) is 14.1. The van der Waals surface area contributed by atoms with Crippen molar-refractivity contribution in [2.75, 3.05) is 13.2 Å². The lowest BCUT2D eigenvalue weighted by molar-refractivity contribution is -0.167. The Morgan fingerprint density at radius 3 is 0.780 bits per heavy atom. The summed E-state index contributed by atoms with van der Waals surface area (Å²) in [7, 11) is 0. The Bertz CT molecular complexity index is 1780. The van der Waals surface area contributed by atoms with Crippen molar-refractivity contribution in [1.29, 1.82) is 0 Å². The van der Waals surface area contributed by atoms with Crippen molar-refractivity contribution in [3.05, 3.63) is 146 Å². The summed E-state index contributed by atoms with van der Waals surface area (Å²) in [6.45, 7) is 6.36. The maximum atomic E-state index is 12.9.